The zero-order chi connectivity index (χ0) is 16.0. The minimum Gasteiger partial charge on any atom is -0.493 e. The van der Waals surface area contributed by atoms with Crippen LogP contribution in [0.2, 0.25) is 0 Å². The van der Waals surface area contributed by atoms with Crippen LogP contribution in [0.1, 0.15) is 32.8 Å². The monoisotopic (exact) mass is 295 g/mol. The highest BCUT2D eigenvalue weighted by Gasteiger charge is 2.28. The molecule has 0 bridgehead atoms. The zero-order valence-corrected chi connectivity index (χ0v) is 13.2. The molecule has 5 heteroatoms. The van der Waals surface area contributed by atoms with Crippen LogP contribution < -0.4 is 15.2 Å². The molecule has 0 spiro atoms. The zero-order valence-electron chi connectivity index (χ0n) is 13.2. The van der Waals surface area contributed by atoms with E-state index in [1.165, 1.54) is 0 Å². The summed E-state index contributed by atoms with van der Waals surface area (Å²) >= 11 is 0. The standard InChI is InChI=1S/C16H25NO4/c1-5-12(17)8-11-6-7-13(14(9-11)20-4)21-10-16(2,3)15(18)19/h6-7,9,12H,5,8,10,17H2,1-4H3,(H,18,19). The fourth-order valence-corrected chi connectivity index (χ4v) is 1.73. The van der Waals surface area contributed by atoms with E-state index in [0.717, 1.165) is 18.4 Å². The highest BCUT2D eigenvalue weighted by atomic mass is 16.5. The van der Waals surface area contributed by atoms with Crippen molar-refractivity contribution in [3.8, 4) is 11.5 Å². The minimum atomic E-state index is -0.950. The van der Waals surface area contributed by atoms with Crippen molar-refractivity contribution in [1.82, 2.24) is 0 Å². The number of nitrogens with two attached hydrogens (primary N) is 1. The Bertz CT molecular complexity index is 485. The maximum absolute atomic E-state index is 11.1. The fraction of sp³-hybridized carbons (Fsp3) is 0.562. The van der Waals surface area contributed by atoms with Gasteiger partial charge in [-0.15, -0.1) is 0 Å². The van der Waals surface area contributed by atoms with Crippen molar-refractivity contribution < 1.29 is 19.4 Å². The van der Waals surface area contributed by atoms with Gasteiger partial charge in [0.25, 0.3) is 0 Å². The molecule has 0 heterocycles. The maximum Gasteiger partial charge on any atom is 0.312 e. The average Bonchev–Trinajstić information content (AvgIpc) is 2.45. The van der Waals surface area contributed by atoms with Crippen molar-refractivity contribution in [3.05, 3.63) is 23.8 Å². The van der Waals surface area contributed by atoms with E-state index in [4.69, 9.17) is 20.3 Å². The van der Waals surface area contributed by atoms with Gasteiger partial charge in [-0.25, -0.2) is 0 Å². The smallest absolute Gasteiger partial charge is 0.312 e. The normalized spacial score (nSPS) is 12.8. The van der Waals surface area contributed by atoms with Gasteiger partial charge in [-0.2, -0.15) is 0 Å². The molecule has 0 aliphatic rings. The molecule has 3 N–H and O–H groups in total. The summed E-state index contributed by atoms with van der Waals surface area (Å²) in [5.74, 6) is 0.240. The van der Waals surface area contributed by atoms with E-state index in [1.54, 1.807) is 27.0 Å². The number of carbonyl (C=O) groups is 1. The highest BCUT2D eigenvalue weighted by molar-refractivity contribution is 5.73. The van der Waals surface area contributed by atoms with E-state index in [0.29, 0.717) is 11.5 Å². The number of hydrogen-bond donors (Lipinski definition) is 2. The van der Waals surface area contributed by atoms with Gasteiger partial charge in [0.2, 0.25) is 0 Å². The molecule has 1 aromatic rings. The molecular weight excluding hydrogens is 270 g/mol. The van der Waals surface area contributed by atoms with Crippen LogP contribution in [0.3, 0.4) is 0 Å². The van der Waals surface area contributed by atoms with E-state index in [2.05, 4.69) is 0 Å². The second kappa shape index (κ2) is 7.31. The molecule has 0 amide bonds. The molecule has 118 valence electrons. The van der Waals surface area contributed by atoms with Crippen LogP contribution in [0.15, 0.2) is 18.2 Å². The third-order valence-corrected chi connectivity index (χ3v) is 3.42. The Balaban J connectivity index is 2.82. The fourth-order valence-electron chi connectivity index (χ4n) is 1.73. The molecule has 1 atom stereocenters. The Morgan fingerprint density at radius 3 is 2.57 bits per heavy atom. The lowest BCUT2D eigenvalue weighted by atomic mass is 9.95. The Labute approximate surface area is 126 Å². The molecular formula is C16H25NO4. The first-order valence-corrected chi connectivity index (χ1v) is 7.08. The van der Waals surface area contributed by atoms with E-state index >= 15 is 0 Å². The number of benzene rings is 1. The first-order valence-electron chi connectivity index (χ1n) is 7.08. The third-order valence-electron chi connectivity index (χ3n) is 3.42. The SMILES string of the molecule is CCC(N)Cc1ccc(OCC(C)(C)C(=O)O)c(OC)c1. The van der Waals surface area contributed by atoms with Crippen molar-refractivity contribution in [2.24, 2.45) is 11.1 Å². The van der Waals surface area contributed by atoms with E-state index in [1.807, 2.05) is 19.1 Å². The van der Waals surface area contributed by atoms with E-state index < -0.39 is 11.4 Å². The van der Waals surface area contributed by atoms with Crippen molar-refractivity contribution in [3.63, 3.8) is 0 Å². The van der Waals surface area contributed by atoms with Gasteiger partial charge in [-0.3, -0.25) is 4.79 Å². The van der Waals surface area contributed by atoms with Gasteiger partial charge >= 0.3 is 5.97 Å². The lowest BCUT2D eigenvalue weighted by molar-refractivity contribution is -0.148. The molecule has 1 unspecified atom stereocenters. The molecule has 21 heavy (non-hydrogen) atoms. The van der Waals surface area contributed by atoms with Crippen molar-refractivity contribution in [2.75, 3.05) is 13.7 Å². The lowest BCUT2D eigenvalue weighted by Gasteiger charge is -2.21. The summed E-state index contributed by atoms with van der Waals surface area (Å²) < 4.78 is 10.9. The lowest BCUT2D eigenvalue weighted by Crippen LogP contribution is -2.30. The van der Waals surface area contributed by atoms with Crippen LogP contribution in [0.4, 0.5) is 0 Å². The van der Waals surface area contributed by atoms with Crippen LogP contribution in [-0.4, -0.2) is 30.8 Å². The molecule has 1 rings (SSSR count). The van der Waals surface area contributed by atoms with E-state index in [9.17, 15) is 4.79 Å². The predicted octanol–water partition coefficient (Wildman–Crippen LogP) is 2.46. The minimum absolute atomic E-state index is 0.0759. The number of rotatable bonds is 8. The maximum atomic E-state index is 11.1. The van der Waals surface area contributed by atoms with Crippen LogP contribution in [-0.2, 0) is 11.2 Å². The van der Waals surface area contributed by atoms with Gasteiger partial charge in [0.1, 0.15) is 6.61 Å². The summed E-state index contributed by atoms with van der Waals surface area (Å²) in [6, 6.07) is 5.74. The van der Waals surface area contributed by atoms with E-state index in [-0.39, 0.29) is 12.6 Å². The largest absolute Gasteiger partial charge is 0.493 e. The second-order valence-corrected chi connectivity index (χ2v) is 5.84. The molecule has 1 aromatic carbocycles. The van der Waals surface area contributed by atoms with Gasteiger partial charge in [0.05, 0.1) is 12.5 Å². The molecule has 0 aliphatic carbocycles. The van der Waals surface area contributed by atoms with Crippen LogP contribution >= 0.6 is 0 Å². The summed E-state index contributed by atoms with van der Waals surface area (Å²) in [6.45, 7) is 5.37. The number of hydrogen-bond acceptors (Lipinski definition) is 4. The Hall–Kier alpha value is -1.75. The number of carboxylic acids is 1. The average molecular weight is 295 g/mol. The van der Waals surface area contributed by atoms with Crippen LogP contribution in [0.25, 0.3) is 0 Å². The Morgan fingerprint density at radius 1 is 1.38 bits per heavy atom. The summed E-state index contributed by atoms with van der Waals surface area (Å²) in [5.41, 5.74) is 6.07. The van der Waals surface area contributed by atoms with Gasteiger partial charge in [0, 0.05) is 6.04 Å². The number of methoxy groups -OCH3 is 1. The van der Waals surface area contributed by atoms with Crippen molar-refractivity contribution >= 4 is 5.97 Å². The first kappa shape index (κ1) is 17.3. The highest BCUT2D eigenvalue weighted by Crippen LogP contribution is 2.30. The topological polar surface area (TPSA) is 81.8 Å². The van der Waals surface area contributed by atoms with Gasteiger partial charge < -0.3 is 20.3 Å². The quantitative estimate of drug-likeness (QED) is 0.770. The summed E-state index contributed by atoms with van der Waals surface area (Å²) in [6.07, 6.45) is 1.68. The molecule has 0 aliphatic heterocycles. The molecule has 0 saturated carbocycles. The summed E-state index contributed by atoms with van der Waals surface area (Å²) in [5, 5.41) is 9.09. The molecule has 0 radical (unpaired) electrons. The second-order valence-electron chi connectivity index (χ2n) is 5.84. The Morgan fingerprint density at radius 2 is 2.05 bits per heavy atom. The number of ether oxygens (including phenoxy) is 2. The van der Waals surface area contributed by atoms with Gasteiger partial charge in [-0.05, 0) is 44.4 Å². The third kappa shape index (κ3) is 4.93. The summed E-state index contributed by atoms with van der Waals surface area (Å²) in [4.78, 5) is 11.1. The van der Waals surface area contributed by atoms with Crippen molar-refractivity contribution in [1.29, 1.82) is 0 Å². The number of carboxylic acid groups (broad SMARTS) is 1. The van der Waals surface area contributed by atoms with Gasteiger partial charge in [0.15, 0.2) is 11.5 Å². The first-order chi connectivity index (χ1) is 9.80. The Kier molecular flexibility index (Phi) is 6.03. The van der Waals surface area contributed by atoms with Crippen molar-refractivity contribution in [2.45, 2.75) is 39.7 Å². The van der Waals surface area contributed by atoms with Crippen LogP contribution in [0, 0.1) is 5.41 Å². The predicted molar refractivity (Wildman–Crippen MR) is 81.9 cm³/mol. The molecule has 0 fully saturated rings. The number of aliphatic carboxylic acids is 1. The van der Waals surface area contributed by atoms with Crippen LogP contribution in [0.5, 0.6) is 11.5 Å². The molecule has 0 aromatic heterocycles. The molecule has 5 nitrogen and oxygen atoms in total. The molecule has 0 saturated heterocycles. The summed E-state index contributed by atoms with van der Waals surface area (Å²) in [7, 11) is 1.56. The van der Waals surface area contributed by atoms with Gasteiger partial charge in [-0.1, -0.05) is 13.0 Å².